The van der Waals surface area contributed by atoms with E-state index in [9.17, 15) is 9.90 Å². The molecule has 18 heavy (non-hydrogen) atoms. The van der Waals surface area contributed by atoms with Crippen LogP contribution in [0.15, 0.2) is 0 Å². The zero-order valence-corrected chi connectivity index (χ0v) is 11.1. The van der Waals surface area contributed by atoms with Crippen molar-refractivity contribution in [2.75, 3.05) is 26.9 Å². The average molecular weight is 259 g/mol. The Morgan fingerprint density at radius 2 is 2.17 bits per heavy atom. The first kappa shape index (κ1) is 15.4. The van der Waals surface area contributed by atoms with Gasteiger partial charge in [-0.25, -0.2) is 5.84 Å². The lowest BCUT2D eigenvalue weighted by Crippen LogP contribution is -2.55. The van der Waals surface area contributed by atoms with E-state index in [0.717, 1.165) is 12.8 Å². The Hall–Kier alpha value is -0.690. The average Bonchev–Trinajstić information content (AvgIpc) is 2.43. The molecule has 1 unspecified atom stereocenters. The highest BCUT2D eigenvalue weighted by atomic mass is 16.5. The van der Waals surface area contributed by atoms with Crippen LogP contribution in [0.4, 0.5) is 0 Å². The van der Waals surface area contributed by atoms with Crippen molar-refractivity contribution in [3.05, 3.63) is 0 Å². The number of carbonyl (C=O) groups excluding carboxylic acids is 1. The smallest absolute Gasteiger partial charge is 0.253 e. The third-order valence-electron chi connectivity index (χ3n) is 3.57. The van der Waals surface area contributed by atoms with Crippen LogP contribution in [0.1, 0.15) is 32.1 Å². The number of hydrazine groups is 1. The van der Waals surface area contributed by atoms with Gasteiger partial charge in [-0.3, -0.25) is 15.1 Å². The molecule has 4 N–H and O–H groups in total. The fourth-order valence-corrected chi connectivity index (χ4v) is 2.70. The largest absolute Gasteiger partial charge is 0.395 e. The maximum Gasteiger partial charge on any atom is 0.253 e. The molecule has 1 amide bonds. The third kappa shape index (κ3) is 4.20. The van der Waals surface area contributed by atoms with E-state index in [1.807, 2.05) is 4.90 Å². The first-order chi connectivity index (χ1) is 8.74. The molecule has 6 heteroatoms. The summed E-state index contributed by atoms with van der Waals surface area (Å²) in [7, 11) is 1.56. The molecule has 1 rings (SSSR count). The van der Waals surface area contributed by atoms with Crippen LogP contribution in [0, 0.1) is 0 Å². The number of amides is 1. The lowest BCUT2D eigenvalue weighted by Gasteiger charge is -2.38. The molecule has 6 nitrogen and oxygen atoms in total. The van der Waals surface area contributed by atoms with Gasteiger partial charge in [-0.1, -0.05) is 19.3 Å². The van der Waals surface area contributed by atoms with Gasteiger partial charge in [0.2, 0.25) is 0 Å². The number of methoxy groups -OCH3 is 1. The van der Waals surface area contributed by atoms with Crippen LogP contribution in [-0.4, -0.2) is 54.9 Å². The summed E-state index contributed by atoms with van der Waals surface area (Å²) in [6.07, 6.45) is 5.74. The first-order valence-corrected chi connectivity index (χ1v) is 6.60. The van der Waals surface area contributed by atoms with E-state index in [2.05, 4.69) is 5.43 Å². The van der Waals surface area contributed by atoms with Crippen LogP contribution in [0.2, 0.25) is 0 Å². The molecule has 106 valence electrons. The summed E-state index contributed by atoms with van der Waals surface area (Å²) in [5, 5.41) is 9.19. The van der Waals surface area contributed by atoms with Gasteiger partial charge in [0, 0.05) is 19.7 Å². The van der Waals surface area contributed by atoms with Gasteiger partial charge in [-0.15, -0.1) is 0 Å². The number of hydrogen-bond acceptors (Lipinski definition) is 5. The number of aliphatic hydroxyl groups is 1. The lowest BCUT2D eigenvalue weighted by atomic mass is 9.93. The Balaban J connectivity index is 2.73. The standard InChI is InChI=1S/C12H25N3O3/c1-18-9-11(12(17)14-13)15(7-8-16)10-5-3-2-4-6-10/h10-11,16H,2-9,13H2,1H3,(H,14,17). The Morgan fingerprint density at radius 3 is 2.67 bits per heavy atom. The molecule has 0 aromatic rings. The van der Waals surface area contributed by atoms with Crippen molar-refractivity contribution in [2.45, 2.75) is 44.2 Å². The summed E-state index contributed by atoms with van der Waals surface area (Å²) in [4.78, 5) is 13.9. The third-order valence-corrected chi connectivity index (χ3v) is 3.57. The number of rotatable bonds is 7. The maximum atomic E-state index is 11.8. The van der Waals surface area contributed by atoms with Crippen molar-refractivity contribution in [1.29, 1.82) is 0 Å². The molecule has 1 aliphatic rings. The molecule has 1 fully saturated rings. The van der Waals surface area contributed by atoms with E-state index in [-0.39, 0.29) is 12.5 Å². The number of nitrogens with two attached hydrogens (primary N) is 1. The van der Waals surface area contributed by atoms with Crippen LogP contribution >= 0.6 is 0 Å². The zero-order chi connectivity index (χ0) is 13.4. The van der Waals surface area contributed by atoms with Crippen molar-refractivity contribution < 1.29 is 14.6 Å². The van der Waals surface area contributed by atoms with E-state index in [4.69, 9.17) is 10.6 Å². The Kier molecular flexibility index (Phi) is 7.19. The number of aliphatic hydroxyl groups excluding tert-OH is 1. The van der Waals surface area contributed by atoms with Gasteiger partial charge in [0.15, 0.2) is 0 Å². The Morgan fingerprint density at radius 1 is 1.50 bits per heavy atom. The van der Waals surface area contributed by atoms with Crippen LogP contribution in [0.25, 0.3) is 0 Å². The van der Waals surface area contributed by atoms with Gasteiger partial charge in [0.05, 0.1) is 13.2 Å². The molecule has 0 aromatic carbocycles. The normalized spacial score (nSPS) is 18.9. The van der Waals surface area contributed by atoms with Crippen LogP contribution in [-0.2, 0) is 9.53 Å². The number of nitrogens with zero attached hydrogens (tertiary/aromatic N) is 1. The van der Waals surface area contributed by atoms with Gasteiger partial charge in [-0.05, 0) is 12.8 Å². The first-order valence-electron chi connectivity index (χ1n) is 6.60. The summed E-state index contributed by atoms with van der Waals surface area (Å²) in [6, 6.07) is -0.0846. The van der Waals surface area contributed by atoms with E-state index in [0.29, 0.717) is 19.2 Å². The van der Waals surface area contributed by atoms with E-state index in [1.54, 1.807) is 7.11 Å². The molecule has 0 spiro atoms. The molecular weight excluding hydrogens is 234 g/mol. The molecule has 0 aliphatic heterocycles. The highest BCUT2D eigenvalue weighted by Crippen LogP contribution is 2.24. The molecule has 0 saturated heterocycles. The fraction of sp³-hybridized carbons (Fsp3) is 0.917. The van der Waals surface area contributed by atoms with Crippen LogP contribution < -0.4 is 11.3 Å². The summed E-state index contributed by atoms with van der Waals surface area (Å²) < 4.78 is 5.11. The summed E-state index contributed by atoms with van der Waals surface area (Å²) in [5.41, 5.74) is 2.19. The number of ether oxygens (including phenoxy) is 1. The number of nitrogens with one attached hydrogen (secondary N) is 1. The molecule has 1 saturated carbocycles. The van der Waals surface area contributed by atoms with E-state index < -0.39 is 6.04 Å². The fourth-order valence-electron chi connectivity index (χ4n) is 2.70. The molecule has 0 bridgehead atoms. The van der Waals surface area contributed by atoms with Crippen molar-refractivity contribution in [2.24, 2.45) is 5.84 Å². The molecule has 0 radical (unpaired) electrons. The van der Waals surface area contributed by atoms with Crippen LogP contribution in [0.3, 0.4) is 0 Å². The van der Waals surface area contributed by atoms with E-state index in [1.165, 1.54) is 19.3 Å². The summed E-state index contributed by atoms with van der Waals surface area (Å²) in [5.74, 6) is 4.97. The van der Waals surface area contributed by atoms with Gasteiger partial charge >= 0.3 is 0 Å². The summed E-state index contributed by atoms with van der Waals surface area (Å²) in [6.45, 7) is 0.806. The van der Waals surface area contributed by atoms with Gasteiger partial charge in [0.25, 0.3) is 5.91 Å². The molecule has 0 heterocycles. The molecule has 1 aliphatic carbocycles. The predicted molar refractivity (Wildman–Crippen MR) is 68.7 cm³/mol. The van der Waals surface area contributed by atoms with Crippen molar-refractivity contribution >= 4 is 5.91 Å². The summed E-state index contributed by atoms with van der Waals surface area (Å²) >= 11 is 0. The van der Waals surface area contributed by atoms with Crippen LogP contribution in [0.5, 0.6) is 0 Å². The minimum Gasteiger partial charge on any atom is -0.395 e. The van der Waals surface area contributed by atoms with Gasteiger partial charge in [0.1, 0.15) is 6.04 Å². The molecular formula is C12H25N3O3. The van der Waals surface area contributed by atoms with Crippen molar-refractivity contribution in [3.8, 4) is 0 Å². The maximum absolute atomic E-state index is 11.8. The zero-order valence-electron chi connectivity index (χ0n) is 11.1. The Bertz CT molecular complexity index is 245. The Labute approximate surface area is 108 Å². The lowest BCUT2D eigenvalue weighted by molar-refractivity contribution is -0.130. The number of hydrogen-bond donors (Lipinski definition) is 3. The topological polar surface area (TPSA) is 87.8 Å². The minimum atomic E-state index is -0.421. The monoisotopic (exact) mass is 259 g/mol. The molecule has 0 aromatic heterocycles. The van der Waals surface area contributed by atoms with Gasteiger partial charge in [-0.2, -0.15) is 0 Å². The molecule has 1 atom stereocenters. The highest BCUT2D eigenvalue weighted by molar-refractivity contribution is 5.81. The highest BCUT2D eigenvalue weighted by Gasteiger charge is 2.31. The SMILES string of the molecule is COCC(C(=O)NN)N(CCO)C1CCCCC1. The van der Waals surface area contributed by atoms with Crippen molar-refractivity contribution in [1.82, 2.24) is 10.3 Å². The second-order valence-corrected chi connectivity index (χ2v) is 4.73. The minimum absolute atomic E-state index is 0.0363. The van der Waals surface area contributed by atoms with Crippen molar-refractivity contribution in [3.63, 3.8) is 0 Å². The predicted octanol–water partition coefficient (Wildman–Crippen LogP) is -0.382. The van der Waals surface area contributed by atoms with E-state index >= 15 is 0 Å². The quantitative estimate of drug-likeness (QED) is 0.329. The second kappa shape index (κ2) is 8.42. The van der Waals surface area contributed by atoms with Gasteiger partial charge < -0.3 is 9.84 Å². The number of carbonyl (C=O) groups is 1. The second-order valence-electron chi connectivity index (χ2n) is 4.73.